The zero-order valence-corrected chi connectivity index (χ0v) is 8.22. The van der Waals surface area contributed by atoms with Gasteiger partial charge in [-0.05, 0) is 18.2 Å². The van der Waals surface area contributed by atoms with E-state index in [2.05, 4.69) is 0 Å². The van der Waals surface area contributed by atoms with Crippen LogP contribution >= 0.6 is 7.82 Å². The van der Waals surface area contributed by atoms with E-state index in [4.69, 9.17) is 13.6 Å². The summed E-state index contributed by atoms with van der Waals surface area (Å²) >= 11 is 0. The molecule has 14 heavy (non-hydrogen) atoms. The van der Waals surface area contributed by atoms with Crippen LogP contribution in [0.25, 0.3) is 0 Å². The predicted octanol–water partition coefficient (Wildman–Crippen LogP) is 2.73. The van der Waals surface area contributed by atoms with Gasteiger partial charge >= 0.3 is 7.82 Å². The Morgan fingerprint density at radius 1 is 1.29 bits per heavy atom. The molecule has 1 aromatic carbocycles. The molecule has 0 aromatic heterocycles. The van der Waals surface area contributed by atoms with Crippen molar-refractivity contribution >= 4 is 7.82 Å². The maximum atomic E-state index is 11.7. The first-order valence-corrected chi connectivity index (χ1v) is 5.57. The first-order valence-electron chi connectivity index (χ1n) is 4.11. The molecule has 0 N–H and O–H groups in total. The van der Waals surface area contributed by atoms with Gasteiger partial charge in [0.05, 0.1) is 12.9 Å². The van der Waals surface area contributed by atoms with Crippen LogP contribution in [0.3, 0.4) is 0 Å². The van der Waals surface area contributed by atoms with Gasteiger partial charge in [0.25, 0.3) is 0 Å². The fourth-order valence-corrected chi connectivity index (χ4v) is 2.02. The zero-order chi connectivity index (χ0) is 9.86. The number of rotatable bonds is 2. The molecule has 1 heterocycles. The third-order valence-electron chi connectivity index (χ3n) is 1.58. The van der Waals surface area contributed by atoms with E-state index in [1.807, 2.05) is 6.07 Å². The maximum absolute atomic E-state index is 11.7. The summed E-state index contributed by atoms with van der Waals surface area (Å²) in [5, 5.41) is 0. The van der Waals surface area contributed by atoms with E-state index >= 15 is 0 Å². The van der Waals surface area contributed by atoms with Crippen molar-refractivity contribution < 1.29 is 18.1 Å². The SMILES string of the molecule is O=P1(Oc2ccccc2)OC=CCO1. The van der Waals surface area contributed by atoms with Gasteiger partial charge in [-0.15, -0.1) is 0 Å². The Labute approximate surface area is 81.7 Å². The van der Waals surface area contributed by atoms with Crippen LogP contribution in [0.2, 0.25) is 0 Å². The van der Waals surface area contributed by atoms with E-state index in [-0.39, 0.29) is 6.61 Å². The predicted molar refractivity (Wildman–Crippen MR) is 50.9 cm³/mol. The lowest BCUT2D eigenvalue weighted by molar-refractivity contribution is 0.195. The lowest BCUT2D eigenvalue weighted by atomic mass is 10.3. The number of para-hydroxylation sites is 1. The molecule has 0 saturated carbocycles. The summed E-state index contributed by atoms with van der Waals surface area (Å²) in [4.78, 5) is 0. The average Bonchev–Trinajstić information content (AvgIpc) is 2.19. The lowest BCUT2D eigenvalue weighted by Crippen LogP contribution is -2.03. The van der Waals surface area contributed by atoms with E-state index < -0.39 is 7.82 Å². The van der Waals surface area contributed by atoms with Gasteiger partial charge in [-0.3, -0.25) is 4.52 Å². The first kappa shape index (κ1) is 9.31. The Kier molecular flexibility index (Phi) is 2.57. The number of hydrogen-bond donors (Lipinski definition) is 0. The highest BCUT2D eigenvalue weighted by Crippen LogP contribution is 2.51. The van der Waals surface area contributed by atoms with Crippen molar-refractivity contribution in [2.45, 2.75) is 0 Å². The average molecular weight is 212 g/mol. The largest absolute Gasteiger partial charge is 0.587 e. The standard InChI is InChI=1S/C9H9O4P/c10-14(11-7-4-8-12-14)13-9-5-2-1-3-6-9/h1-7H,8H2. The molecule has 1 aliphatic heterocycles. The van der Waals surface area contributed by atoms with Crippen molar-refractivity contribution in [3.05, 3.63) is 42.7 Å². The molecule has 4 nitrogen and oxygen atoms in total. The number of benzene rings is 1. The monoisotopic (exact) mass is 212 g/mol. The van der Waals surface area contributed by atoms with E-state index in [0.717, 1.165) is 0 Å². The summed E-state index contributed by atoms with van der Waals surface area (Å²) in [6.07, 6.45) is 2.94. The van der Waals surface area contributed by atoms with Crippen LogP contribution < -0.4 is 4.52 Å². The lowest BCUT2D eigenvalue weighted by Gasteiger charge is -2.18. The molecule has 5 heteroatoms. The third kappa shape index (κ3) is 2.16. The summed E-state index contributed by atoms with van der Waals surface area (Å²) in [6, 6.07) is 8.77. The van der Waals surface area contributed by atoms with Crippen molar-refractivity contribution in [2.24, 2.45) is 0 Å². The fourth-order valence-electron chi connectivity index (χ4n) is 0.980. The van der Waals surface area contributed by atoms with Gasteiger partial charge in [0.15, 0.2) is 0 Å². The highest BCUT2D eigenvalue weighted by molar-refractivity contribution is 7.49. The molecule has 1 atom stereocenters. The molecule has 0 radical (unpaired) electrons. The van der Waals surface area contributed by atoms with Crippen LogP contribution in [0.5, 0.6) is 5.75 Å². The van der Waals surface area contributed by atoms with Gasteiger partial charge in [-0.25, -0.2) is 4.57 Å². The number of phosphoric acid groups is 1. The Morgan fingerprint density at radius 2 is 2.07 bits per heavy atom. The third-order valence-corrected chi connectivity index (χ3v) is 2.86. The molecule has 0 bridgehead atoms. The maximum Gasteiger partial charge on any atom is 0.587 e. The van der Waals surface area contributed by atoms with Gasteiger partial charge in [0.1, 0.15) is 5.75 Å². The quantitative estimate of drug-likeness (QED) is 0.707. The van der Waals surface area contributed by atoms with Gasteiger partial charge in [-0.1, -0.05) is 18.2 Å². The Hall–Kier alpha value is -1.25. The normalized spacial score (nSPS) is 25.4. The summed E-state index contributed by atoms with van der Waals surface area (Å²) < 4.78 is 26.5. The van der Waals surface area contributed by atoms with Crippen molar-refractivity contribution in [1.82, 2.24) is 0 Å². The minimum absolute atomic E-state index is 0.240. The molecular formula is C9H9O4P. The molecule has 0 aliphatic carbocycles. The fraction of sp³-hybridized carbons (Fsp3) is 0.111. The van der Waals surface area contributed by atoms with E-state index in [1.165, 1.54) is 6.26 Å². The van der Waals surface area contributed by atoms with Crippen molar-refractivity contribution in [2.75, 3.05) is 6.61 Å². The molecule has 2 rings (SSSR count). The summed E-state index contributed by atoms with van der Waals surface area (Å²) in [6.45, 7) is 0.240. The Balaban J connectivity index is 2.11. The smallest absolute Gasteiger partial charge is 0.403 e. The highest BCUT2D eigenvalue weighted by atomic mass is 31.2. The second kappa shape index (κ2) is 3.86. The van der Waals surface area contributed by atoms with Crippen LogP contribution in [0.4, 0.5) is 0 Å². The van der Waals surface area contributed by atoms with Gasteiger partial charge in [0.2, 0.25) is 0 Å². The Bertz CT molecular complexity index is 374. The molecule has 0 spiro atoms. The first-order chi connectivity index (χ1) is 6.79. The zero-order valence-electron chi connectivity index (χ0n) is 7.33. The molecule has 1 aromatic rings. The van der Waals surface area contributed by atoms with Crippen LogP contribution in [0, 0.1) is 0 Å². The summed E-state index contributed by atoms with van der Waals surface area (Å²) in [5.41, 5.74) is 0. The minimum atomic E-state index is -3.42. The molecule has 0 saturated heterocycles. The van der Waals surface area contributed by atoms with Gasteiger partial charge in [0, 0.05) is 0 Å². The van der Waals surface area contributed by atoms with Crippen molar-refractivity contribution in [1.29, 1.82) is 0 Å². The van der Waals surface area contributed by atoms with Gasteiger partial charge < -0.3 is 9.05 Å². The van der Waals surface area contributed by atoms with Crippen LogP contribution in [-0.2, 0) is 13.6 Å². The second-order valence-electron chi connectivity index (χ2n) is 2.62. The minimum Gasteiger partial charge on any atom is -0.403 e. The van der Waals surface area contributed by atoms with Crippen LogP contribution in [0.15, 0.2) is 42.7 Å². The van der Waals surface area contributed by atoms with Gasteiger partial charge in [-0.2, -0.15) is 0 Å². The highest BCUT2D eigenvalue weighted by Gasteiger charge is 2.30. The van der Waals surface area contributed by atoms with E-state index in [9.17, 15) is 4.57 Å². The Morgan fingerprint density at radius 3 is 2.71 bits per heavy atom. The number of phosphoric ester groups is 1. The van der Waals surface area contributed by atoms with E-state index in [1.54, 1.807) is 30.3 Å². The van der Waals surface area contributed by atoms with E-state index in [0.29, 0.717) is 5.75 Å². The summed E-state index contributed by atoms with van der Waals surface area (Å²) in [7, 11) is -3.42. The van der Waals surface area contributed by atoms with Crippen molar-refractivity contribution in [3.8, 4) is 5.75 Å². The number of hydrogen-bond acceptors (Lipinski definition) is 4. The molecular weight excluding hydrogens is 203 g/mol. The molecule has 1 unspecified atom stereocenters. The second-order valence-corrected chi connectivity index (χ2v) is 4.17. The topological polar surface area (TPSA) is 44.8 Å². The molecule has 1 aliphatic rings. The molecule has 0 fully saturated rings. The van der Waals surface area contributed by atoms with Crippen LogP contribution in [-0.4, -0.2) is 6.61 Å². The summed E-state index contributed by atoms with van der Waals surface area (Å²) in [5.74, 6) is 0.464. The van der Waals surface area contributed by atoms with Crippen molar-refractivity contribution in [3.63, 3.8) is 0 Å². The molecule has 74 valence electrons. The molecule has 0 amide bonds. The van der Waals surface area contributed by atoms with Crippen LogP contribution in [0.1, 0.15) is 0 Å².